The van der Waals surface area contributed by atoms with Crippen molar-refractivity contribution in [3.63, 3.8) is 0 Å². The molecule has 0 spiro atoms. The van der Waals surface area contributed by atoms with Gasteiger partial charge < -0.3 is 15.1 Å². The number of aromatic nitrogens is 3. The van der Waals surface area contributed by atoms with Crippen molar-refractivity contribution in [2.45, 2.75) is 40.8 Å². The lowest BCUT2D eigenvalue weighted by Crippen LogP contribution is -2.36. The van der Waals surface area contributed by atoms with E-state index < -0.39 is 0 Å². The van der Waals surface area contributed by atoms with E-state index in [0.29, 0.717) is 13.1 Å². The van der Waals surface area contributed by atoms with Crippen LogP contribution in [0.4, 0.5) is 0 Å². The molecule has 0 atom stereocenters. The van der Waals surface area contributed by atoms with Crippen molar-refractivity contribution in [1.82, 2.24) is 25.4 Å². The fourth-order valence-corrected chi connectivity index (χ4v) is 3.57. The molecule has 7 heteroatoms. The van der Waals surface area contributed by atoms with Gasteiger partial charge in [-0.1, -0.05) is 24.3 Å². The molecule has 0 radical (unpaired) electrons. The van der Waals surface area contributed by atoms with E-state index >= 15 is 0 Å². The Morgan fingerprint density at radius 1 is 1.10 bits per heavy atom. The highest BCUT2D eigenvalue weighted by Crippen LogP contribution is 2.24. The quantitative estimate of drug-likeness (QED) is 0.364. The van der Waals surface area contributed by atoms with Crippen LogP contribution in [-0.2, 0) is 13.1 Å². The summed E-state index contributed by atoms with van der Waals surface area (Å²) in [7, 11) is 0. The number of aliphatic imine (C=N–C) groups is 1. The van der Waals surface area contributed by atoms with Crippen LogP contribution in [0.1, 0.15) is 35.2 Å². The van der Waals surface area contributed by atoms with Crippen LogP contribution in [0.3, 0.4) is 0 Å². The third kappa shape index (κ3) is 4.60. The molecule has 1 aromatic carbocycles. The SMILES string of the molecule is CCNC(=NCc1ccc(-n2nc(C)cc2C)nc1)NCc1oc2ccccc2c1C. The summed E-state index contributed by atoms with van der Waals surface area (Å²) in [5, 5.41) is 12.3. The van der Waals surface area contributed by atoms with Gasteiger partial charge in [-0.05, 0) is 51.5 Å². The lowest BCUT2D eigenvalue weighted by atomic mass is 10.1. The smallest absolute Gasteiger partial charge is 0.191 e. The summed E-state index contributed by atoms with van der Waals surface area (Å²) in [6.45, 7) is 10.0. The number of furan rings is 1. The zero-order valence-corrected chi connectivity index (χ0v) is 18.4. The molecular formula is C24H28N6O. The molecule has 0 bridgehead atoms. The highest BCUT2D eigenvalue weighted by Gasteiger charge is 2.10. The van der Waals surface area contributed by atoms with E-state index in [4.69, 9.17) is 9.41 Å². The van der Waals surface area contributed by atoms with Gasteiger partial charge in [0.2, 0.25) is 0 Å². The van der Waals surface area contributed by atoms with Gasteiger partial charge in [-0.2, -0.15) is 5.10 Å². The lowest BCUT2D eigenvalue weighted by molar-refractivity contribution is 0.534. The largest absolute Gasteiger partial charge is 0.459 e. The van der Waals surface area contributed by atoms with E-state index in [0.717, 1.165) is 57.6 Å². The van der Waals surface area contributed by atoms with E-state index in [1.165, 1.54) is 0 Å². The Hall–Kier alpha value is -3.61. The van der Waals surface area contributed by atoms with Crippen molar-refractivity contribution in [1.29, 1.82) is 0 Å². The van der Waals surface area contributed by atoms with Crippen LogP contribution in [0.15, 0.2) is 58.1 Å². The van der Waals surface area contributed by atoms with Gasteiger partial charge in [-0.3, -0.25) is 0 Å². The van der Waals surface area contributed by atoms with Gasteiger partial charge in [0.25, 0.3) is 0 Å². The maximum atomic E-state index is 5.99. The van der Waals surface area contributed by atoms with E-state index in [1.54, 1.807) is 0 Å². The number of benzene rings is 1. The summed E-state index contributed by atoms with van der Waals surface area (Å²) in [6.07, 6.45) is 1.85. The topological polar surface area (TPSA) is 80.3 Å². The number of aryl methyl sites for hydroxylation is 3. The van der Waals surface area contributed by atoms with Crippen LogP contribution < -0.4 is 10.6 Å². The monoisotopic (exact) mass is 416 g/mol. The Balaban J connectivity index is 1.43. The van der Waals surface area contributed by atoms with Crippen LogP contribution in [0, 0.1) is 20.8 Å². The normalized spacial score (nSPS) is 11.8. The van der Waals surface area contributed by atoms with Crippen LogP contribution in [-0.4, -0.2) is 27.3 Å². The first-order valence-electron chi connectivity index (χ1n) is 10.5. The molecule has 0 saturated heterocycles. The second-order valence-electron chi connectivity index (χ2n) is 7.56. The van der Waals surface area contributed by atoms with Crippen molar-refractivity contribution >= 4 is 16.9 Å². The van der Waals surface area contributed by atoms with Crippen LogP contribution in [0.5, 0.6) is 0 Å². The Labute approximate surface area is 182 Å². The number of nitrogens with one attached hydrogen (secondary N) is 2. The number of hydrogen-bond donors (Lipinski definition) is 2. The molecule has 0 unspecified atom stereocenters. The molecule has 31 heavy (non-hydrogen) atoms. The molecule has 0 saturated carbocycles. The molecule has 0 fully saturated rings. The predicted molar refractivity (Wildman–Crippen MR) is 123 cm³/mol. The van der Waals surface area contributed by atoms with Gasteiger partial charge in [-0.15, -0.1) is 0 Å². The van der Waals surface area contributed by atoms with Gasteiger partial charge in [0.15, 0.2) is 11.8 Å². The lowest BCUT2D eigenvalue weighted by Gasteiger charge is -2.11. The van der Waals surface area contributed by atoms with Crippen molar-refractivity contribution in [3.05, 3.63) is 76.9 Å². The Bertz CT molecular complexity index is 1200. The highest BCUT2D eigenvalue weighted by molar-refractivity contribution is 5.83. The van der Waals surface area contributed by atoms with E-state index in [2.05, 4.69) is 33.7 Å². The number of rotatable bonds is 6. The zero-order chi connectivity index (χ0) is 21.8. The Morgan fingerprint density at radius 3 is 2.61 bits per heavy atom. The summed E-state index contributed by atoms with van der Waals surface area (Å²) in [5.41, 5.74) is 5.14. The molecule has 2 N–H and O–H groups in total. The average molecular weight is 417 g/mol. The van der Waals surface area contributed by atoms with Crippen molar-refractivity contribution < 1.29 is 4.42 Å². The van der Waals surface area contributed by atoms with Crippen molar-refractivity contribution in [2.24, 2.45) is 4.99 Å². The standard InChI is InChI=1S/C24H28N6O/c1-5-25-24(28-15-22-18(4)20-8-6-7-9-21(20)31-22)27-14-19-10-11-23(26-13-19)30-17(3)12-16(2)29-30/h6-13H,5,14-15H2,1-4H3,(H2,25,27,28). The fraction of sp³-hybridized carbons (Fsp3) is 0.292. The highest BCUT2D eigenvalue weighted by atomic mass is 16.3. The van der Waals surface area contributed by atoms with Gasteiger partial charge in [0.05, 0.1) is 18.8 Å². The molecular weight excluding hydrogens is 388 g/mol. The minimum Gasteiger partial charge on any atom is -0.459 e. The predicted octanol–water partition coefficient (Wildman–Crippen LogP) is 4.19. The molecule has 160 valence electrons. The van der Waals surface area contributed by atoms with Gasteiger partial charge in [0, 0.05) is 29.4 Å². The molecule has 7 nitrogen and oxygen atoms in total. The second kappa shape index (κ2) is 9.04. The molecule has 0 aliphatic heterocycles. The van der Waals surface area contributed by atoms with Gasteiger partial charge in [-0.25, -0.2) is 14.7 Å². The first-order chi connectivity index (χ1) is 15.0. The second-order valence-corrected chi connectivity index (χ2v) is 7.56. The third-order valence-corrected chi connectivity index (χ3v) is 5.16. The van der Waals surface area contributed by atoms with Crippen molar-refractivity contribution in [2.75, 3.05) is 6.54 Å². The molecule has 0 aliphatic rings. The average Bonchev–Trinajstić information content (AvgIpc) is 3.29. The minimum absolute atomic E-state index is 0.527. The summed E-state index contributed by atoms with van der Waals surface area (Å²) < 4.78 is 7.84. The molecule has 4 aromatic rings. The first kappa shape index (κ1) is 20.7. The number of para-hydroxylation sites is 1. The van der Waals surface area contributed by atoms with Crippen LogP contribution >= 0.6 is 0 Å². The van der Waals surface area contributed by atoms with E-state index in [1.807, 2.05) is 68.0 Å². The maximum absolute atomic E-state index is 5.99. The summed E-state index contributed by atoms with van der Waals surface area (Å²) in [6, 6.07) is 14.1. The van der Waals surface area contributed by atoms with Gasteiger partial charge in [0.1, 0.15) is 11.3 Å². The van der Waals surface area contributed by atoms with Crippen LogP contribution in [0.2, 0.25) is 0 Å². The number of nitrogens with zero attached hydrogens (tertiary/aromatic N) is 4. The zero-order valence-electron chi connectivity index (χ0n) is 18.4. The summed E-state index contributed by atoms with van der Waals surface area (Å²) in [4.78, 5) is 9.25. The molecule has 0 aliphatic carbocycles. The summed E-state index contributed by atoms with van der Waals surface area (Å²) >= 11 is 0. The van der Waals surface area contributed by atoms with E-state index in [-0.39, 0.29) is 0 Å². The first-order valence-corrected chi connectivity index (χ1v) is 10.5. The molecule has 3 heterocycles. The Kier molecular flexibility index (Phi) is 6.02. The van der Waals surface area contributed by atoms with Crippen LogP contribution in [0.25, 0.3) is 16.8 Å². The Morgan fingerprint density at radius 2 is 1.94 bits per heavy atom. The van der Waals surface area contributed by atoms with E-state index in [9.17, 15) is 0 Å². The molecule has 3 aromatic heterocycles. The fourth-order valence-electron chi connectivity index (χ4n) is 3.57. The number of guanidine groups is 1. The van der Waals surface area contributed by atoms with Gasteiger partial charge >= 0.3 is 0 Å². The molecule has 0 amide bonds. The third-order valence-electron chi connectivity index (χ3n) is 5.16. The van der Waals surface area contributed by atoms with Crippen molar-refractivity contribution in [3.8, 4) is 5.82 Å². The number of fused-ring (bicyclic) bond motifs is 1. The maximum Gasteiger partial charge on any atom is 0.191 e. The molecule has 4 rings (SSSR count). The summed E-state index contributed by atoms with van der Waals surface area (Å²) in [5.74, 6) is 2.47. The minimum atomic E-state index is 0.527. The number of hydrogen-bond acceptors (Lipinski definition) is 4. The number of pyridine rings is 1.